The summed E-state index contributed by atoms with van der Waals surface area (Å²) in [6, 6.07) is 5.38. The lowest BCUT2D eigenvalue weighted by molar-refractivity contribution is -0.143. The van der Waals surface area contributed by atoms with Crippen molar-refractivity contribution < 1.29 is 45.4 Å². The molecule has 0 aromatic heterocycles. The number of esters is 1. The number of carbonyl (C=O) groups excluding carboxylic acids is 2. The fraction of sp³-hybridized carbons (Fsp3) is 0.300. The predicted molar refractivity (Wildman–Crippen MR) is 113 cm³/mol. The Bertz CT molecular complexity index is 1220. The third kappa shape index (κ3) is 5.97. The van der Waals surface area contributed by atoms with Gasteiger partial charge in [0.25, 0.3) is 10.2 Å². The molecule has 1 aliphatic rings. The maximum absolute atomic E-state index is 13.3. The largest absolute Gasteiger partial charge is 0.491 e. The van der Waals surface area contributed by atoms with Crippen LogP contribution in [0.5, 0.6) is 11.5 Å². The molecule has 3 N–H and O–H groups in total. The number of halogens is 4. The number of para-hydroxylation sites is 1. The van der Waals surface area contributed by atoms with Crippen molar-refractivity contribution in [1.82, 2.24) is 4.72 Å². The van der Waals surface area contributed by atoms with Crippen LogP contribution in [0.1, 0.15) is 34.0 Å². The lowest BCUT2D eigenvalue weighted by atomic mass is 9.95. The van der Waals surface area contributed by atoms with Gasteiger partial charge in [-0.25, -0.2) is 5.14 Å². The van der Waals surface area contributed by atoms with Gasteiger partial charge in [-0.15, -0.1) is 0 Å². The van der Waals surface area contributed by atoms with Crippen molar-refractivity contribution in [1.29, 1.82) is 0 Å². The molecule has 2 aromatic carbocycles. The van der Waals surface area contributed by atoms with Crippen LogP contribution in [-0.2, 0) is 25.9 Å². The van der Waals surface area contributed by atoms with Gasteiger partial charge in [-0.05, 0) is 24.3 Å². The van der Waals surface area contributed by atoms with E-state index >= 15 is 0 Å². The highest BCUT2D eigenvalue weighted by Gasteiger charge is 2.35. The number of Topliss-reactive ketones (excluding diaryl/α,β-unsaturated/α-hetero) is 1. The fourth-order valence-electron chi connectivity index (χ4n) is 3.25. The van der Waals surface area contributed by atoms with Gasteiger partial charge in [-0.2, -0.15) is 26.3 Å². The maximum atomic E-state index is 13.3. The fourth-order valence-corrected chi connectivity index (χ4v) is 4.03. The van der Waals surface area contributed by atoms with E-state index in [0.717, 1.165) is 19.2 Å². The molecule has 1 heterocycles. The van der Waals surface area contributed by atoms with Crippen LogP contribution in [0.3, 0.4) is 0 Å². The minimum atomic E-state index is -4.74. The Balaban J connectivity index is 1.98. The lowest BCUT2D eigenvalue weighted by Crippen LogP contribution is -2.48. The monoisotopic (exact) mass is 522 g/mol. The second-order valence-corrected chi connectivity index (χ2v) is 8.88. The highest BCUT2D eigenvalue weighted by atomic mass is 35.5. The summed E-state index contributed by atoms with van der Waals surface area (Å²) in [5.74, 6) is -1.77. The Morgan fingerprint density at radius 1 is 1.32 bits per heavy atom. The number of fused-ring (bicyclic) bond motifs is 1. The van der Waals surface area contributed by atoms with E-state index in [4.69, 9.17) is 26.2 Å². The summed E-state index contributed by atoms with van der Waals surface area (Å²) in [5.41, 5.74) is -0.812. The van der Waals surface area contributed by atoms with Crippen molar-refractivity contribution in [3.63, 3.8) is 0 Å². The van der Waals surface area contributed by atoms with Crippen molar-refractivity contribution in [3.05, 3.63) is 58.1 Å². The van der Waals surface area contributed by atoms with Crippen LogP contribution >= 0.6 is 11.6 Å². The first-order valence-electron chi connectivity index (χ1n) is 9.50. The summed E-state index contributed by atoms with van der Waals surface area (Å²) in [6.07, 6.45) is -6.04. The van der Waals surface area contributed by atoms with Crippen LogP contribution in [0, 0.1) is 0 Å². The van der Waals surface area contributed by atoms with E-state index in [9.17, 15) is 31.2 Å². The van der Waals surface area contributed by atoms with E-state index in [2.05, 4.69) is 4.74 Å². The number of methoxy groups -OCH3 is 1. The van der Waals surface area contributed by atoms with Crippen LogP contribution in [0.4, 0.5) is 13.2 Å². The molecule has 0 spiro atoms. The number of rotatable bonds is 7. The van der Waals surface area contributed by atoms with Gasteiger partial charge in [0.2, 0.25) is 0 Å². The molecule has 34 heavy (non-hydrogen) atoms. The molecule has 0 bridgehead atoms. The topological polar surface area (TPSA) is 134 Å². The average Bonchev–Trinajstić information content (AvgIpc) is 2.75. The molecule has 2 atom stereocenters. The molecule has 0 saturated heterocycles. The van der Waals surface area contributed by atoms with Gasteiger partial charge in [-0.3, -0.25) is 9.59 Å². The molecule has 14 heteroatoms. The quantitative estimate of drug-likeness (QED) is 0.534. The first-order chi connectivity index (χ1) is 15.8. The van der Waals surface area contributed by atoms with Gasteiger partial charge >= 0.3 is 12.1 Å². The highest BCUT2D eigenvalue weighted by molar-refractivity contribution is 7.87. The van der Waals surface area contributed by atoms with E-state index in [0.29, 0.717) is 6.07 Å². The normalized spacial score (nSPS) is 16.9. The third-order valence-electron chi connectivity index (χ3n) is 4.78. The molecule has 1 aliphatic heterocycles. The van der Waals surface area contributed by atoms with Gasteiger partial charge in [0.15, 0.2) is 11.8 Å². The summed E-state index contributed by atoms with van der Waals surface area (Å²) >= 11 is 6.11. The zero-order valence-electron chi connectivity index (χ0n) is 17.4. The maximum Gasteiger partial charge on any atom is 0.416 e. The standard InChI is InChI=1S/C20H18ClF3N2O7S/c1-31-19(28)14(26-34(25,29)30)9-32-16-7-10(20(22,23)24)5-6-12(16)17-8-15(27)11-3-2-4-13(21)18(11)33-17/h2-7,14,17,26H,8-9H2,1H3,(H2,25,29,30)/t14-,17?/m1/s1. The van der Waals surface area contributed by atoms with Crippen LogP contribution in [-0.4, -0.2) is 39.9 Å². The number of ether oxygens (including phenoxy) is 3. The summed E-state index contributed by atoms with van der Waals surface area (Å²) in [6.45, 7) is -0.768. The minimum Gasteiger partial charge on any atom is -0.491 e. The lowest BCUT2D eigenvalue weighted by Gasteiger charge is -2.28. The second-order valence-electron chi connectivity index (χ2n) is 7.15. The van der Waals surface area contributed by atoms with Crippen LogP contribution in [0.25, 0.3) is 0 Å². The zero-order valence-corrected chi connectivity index (χ0v) is 19.0. The van der Waals surface area contributed by atoms with Crippen molar-refractivity contribution in [3.8, 4) is 11.5 Å². The molecule has 1 unspecified atom stereocenters. The molecule has 2 aromatic rings. The third-order valence-corrected chi connectivity index (χ3v) is 5.69. The predicted octanol–water partition coefficient (Wildman–Crippen LogP) is 2.78. The van der Waals surface area contributed by atoms with Crippen molar-refractivity contribution in [2.24, 2.45) is 5.14 Å². The number of hydrogen-bond acceptors (Lipinski definition) is 7. The Kier molecular flexibility index (Phi) is 7.41. The van der Waals surface area contributed by atoms with E-state index in [1.807, 2.05) is 0 Å². The molecule has 9 nitrogen and oxygen atoms in total. The van der Waals surface area contributed by atoms with E-state index in [1.54, 1.807) is 10.8 Å². The Morgan fingerprint density at radius 3 is 2.65 bits per heavy atom. The summed E-state index contributed by atoms with van der Waals surface area (Å²) in [5, 5.41) is 5.01. The minimum absolute atomic E-state index is 0.0474. The Labute approximate surface area is 197 Å². The summed E-state index contributed by atoms with van der Waals surface area (Å²) in [4.78, 5) is 24.5. The number of nitrogens with one attached hydrogen (secondary N) is 1. The number of alkyl halides is 3. The number of hydrogen-bond donors (Lipinski definition) is 2. The SMILES string of the molecule is COC(=O)[C@@H](COc1cc(C(F)(F)F)ccc1C1CC(=O)c2cccc(Cl)c2O1)NS(N)(=O)=O. The van der Waals surface area contributed by atoms with Gasteiger partial charge < -0.3 is 14.2 Å². The molecule has 0 radical (unpaired) electrons. The molecular formula is C20H18ClF3N2O7S. The number of nitrogens with two attached hydrogens (primary N) is 1. The smallest absolute Gasteiger partial charge is 0.416 e. The Morgan fingerprint density at radius 2 is 2.03 bits per heavy atom. The molecule has 0 fully saturated rings. The van der Waals surface area contributed by atoms with Gasteiger partial charge in [0.05, 0.1) is 29.7 Å². The van der Waals surface area contributed by atoms with Gasteiger partial charge in [0.1, 0.15) is 24.2 Å². The molecular weight excluding hydrogens is 505 g/mol. The Hall–Kier alpha value is -2.87. The second kappa shape index (κ2) is 9.78. The van der Waals surface area contributed by atoms with Crippen LogP contribution < -0.4 is 19.3 Å². The summed E-state index contributed by atoms with van der Waals surface area (Å²) < 4.78 is 80.1. The van der Waals surface area contributed by atoms with E-state index in [-0.39, 0.29) is 34.1 Å². The van der Waals surface area contributed by atoms with E-state index in [1.165, 1.54) is 12.1 Å². The molecule has 0 aliphatic carbocycles. The summed E-state index contributed by atoms with van der Waals surface area (Å²) in [7, 11) is -3.41. The van der Waals surface area contributed by atoms with Crippen molar-refractivity contribution in [2.45, 2.75) is 24.7 Å². The highest BCUT2D eigenvalue weighted by Crippen LogP contribution is 2.43. The van der Waals surface area contributed by atoms with Gasteiger partial charge in [0, 0.05) is 5.56 Å². The molecule has 3 rings (SSSR count). The average molecular weight is 523 g/mol. The zero-order chi connectivity index (χ0) is 25.3. The van der Waals surface area contributed by atoms with Crippen molar-refractivity contribution in [2.75, 3.05) is 13.7 Å². The number of carbonyl (C=O) groups is 2. The van der Waals surface area contributed by atoms with Crippen LogP contribution in [0.15, 0.2) is 36.4 Å². The number of ketones is 1. The molecule has 184 valence electrons. The number of benzene rings is 2. The first kappa shape index (κ1) is 25.7. The molecule has 0 saturated carbocycles. The van der Waals surface area contributed by atoms with Crippen LogP contribution in [0.2, 0.25) is 5.02 Å². The van der Waals surface area contributed by atoms with E-state index < -0.39 is 52.4 Å². The van der Waals surface area contributed by atoms with Crippen molar-refractivity contribution >= 4 is 33.6 Å². The first-order valence-corrected chi connectivity index (χ1v) is 11.4. The molecule has 0 amide bonds. The van der Waals surface area contributed by atoms with Gasteiger partial charge in [-0.1, -0.05) is 23.7 Å².